The van der Waals surface area contributed by atoms with Crippen molar-refractivity contribution in [2.45, 2.75) is 24.5 Å². The molecule has 1 N–H and O–H groups in total. The van der Waals surface area contributed by atoms with Gasteiger partial charge in [-0.1, -0.05) is 63.4 Å². The summed E-state index contributed by atoms with van der Waals surface area (Å²) in [6.45, 7) is 2.31. The Labute approximate surface area is 251 Å². The van der Waals surface area contributed by atoms with Crippen LogP contribution in [0.5, 0.6) is 5.75 Å². The Bertz CT molecular complexity index is 1380. The third-order valence-corrected chi connectivity index (χ3v) is 8.30. The Balaban J connectivity index is 1.61. The van der Waals surface area contributed by atoms with Gasteiger partial charge in [0, 0.05) is 58.2 Å². The number of ether oxygens (including phenoxy) is 3. The first-order valence-corrected chi connectivity index (χ1v) is 14.6. The van der Waals surface area contributed by atoms with E-state index in [9.17, 15) is 4.79 Å². The summed E-state index contributed by atoms with van der Waals surface area (Å²) in [5, 5.41) is 9.91. The molecular weight excluding hydrogens is 619 g/mol. The average molecular weight is 648 g/mol. The number of aliphatic hydroxyl groups excluding tert-OH is 1. The van der Waals surface area contributed by atoms with E-state index < -0.39 is 11.6 Å². The number of nitrogens with zero attached hydrogens (tertiary/aromatic N) is 2. The van der Waals surface area contributed by atoms with Crippen molar-refractivity contribution in [3.05, 3.63) is 97.9 Å². The molecule has 2 atom stereocenters. The molecule has 1 saturated heterocycles. The minimum Gasteiger partial charge on any atom is -0.494 e. The highest BCUT2D eigenvalue weighted by atomic mass is 79.9. The summed E-state index contributed by atoms with van der Waals surface area (Å²) in [5.74, 6) is 0.852. The highest BCUT2D eigenvalue weighted by molar-refractivity contribution is 9.10. The lowest BCUT2D eigenvalue weighted by Crippen LogP contribution is -2.54. The summed E-state index contributed by atoms with van der Waals surface area (Å²) in [6.07, 6.45) is 0.0118. The average Bonchev–Trinajstić information content (AvgIpc) is 3.35. The van der Waals surface area contributed by atoms with E-state index in [4.69, 9.17) is 47.5 Å². The largest absolute Gasteiger partial charge is 0.494 e. The molecule has 0 radical (unpaired) electrons. The van der Waals surface area contributed by atoms with Gasteiger partial charge in [0.15, 0.2) is 11.6 Å². The van der Waals surface area contributed by atoms with Crippen LogP contribution in [0.1, 0.15) is 29.2 Å². The second-order valence-corrected chi connectivity index (χ2v) is 11.3. The molecule has 0 aromatic heterocycles. The zero-order valence-electron chi connectivity index (χ0n) is 21.7. The maximum Gasteiger partial charge on any atom is 0.255 e. The molecule has 1 amide bonds. The summed E-state index contributed by atoms with van der Waals surface area (Å²) < 4.78 is 18.7. The molecule has 10 heteroatoms. The summed E-state index contributed by atoms with van der Waals surface area (Å²) in [6, 6.07) is 20.3. The van der Waals surface area contributed by atoms with Crippen LogP contribution in [0.4, 0.5) is 0 Å². The van der Waals surface area contributed by atoms with Gasteiger partial charge in [0.05, 0.1) is 19.8 Å². The summed E-state index contributed by atoms with van der Waals surface area (Å²) in [4.78, 5) is 21.4. The Morgan fingerprint density at radius 1 is 1.10 bits per heavy atom. The van der Waals surface area contributed by atoms with Crippen molar-refractivity contribution in [2.24, 2.45) is 4.99 Å². The number of benzene rings is 3. The molecule has 0 unspecified atom stereocenters. The molecule has 0 bridgehead atoms. The molecule has 2 aliphatic heterocycles. The first kappa shape index (κ1) is 28.9. The van der Waals surface area contributed by atoms with E-state index >= 15 is 0 Å². The highest BCUT2D eigenvalue weighted by Gasteiger charge is 2.55. The second-order valence-electron chi connectivity index (χ2n) is 9.63. The number of carbonyl (C=O) groups is 1. The first-order valence-electron chi connectivity index (χ1n) is 13.1. The van der Waals surface area contributed by atoms with E-state index in [-0.39, 0.29) is 18.9 Å². The van der Waals surface area contributed by atoms with Gasteiger partial charge >= 0.3 is 0 Å². The van der Waals surface area contributed by atoms with Crippen molar-refractivity contribution in [2.75, 3.05) is 39.5 Å². The van der Waals surface area contributed by atoms with E-state index in [0.717, 1.165) is 10.0 Å². The van der Waals surface area contributed by atoms with Gasteiger partial charge in [-0.25, -0.2) is 4.99 Å². The number of halogens is 3. The molecule has 210 valence electrons. The lowest BCUT2D eigenvalue weighted by atomic mass is 9.81. The van der Waals surface area contributed by atoms with Crippen LogP contribution in [0.2, 0.25) is 10.0 Å². The lowest BCUT2D eigenvalue weighted by molar-refractivity contribution is -0.143. The highest BCUT2D eigenvalue weighted by Crippen LogP contribution is 2.46. The van der Waals surface area contributed by atoms with Gasteiger partial charge in [-0.05, 0) is 48.0 Å². The number of hydrogen-bond donors (Lipinski definition) is 1. The second kappa shape index (κ2) is 12.9. The summed E-state index contributed by atoms with van der Waals surface area (Å²) >= 11 is 16.6. The number of morpholine rings is 1. The van der Waals surface area contributed by atoms with Crippen LogP contribution < -0.4 is 4.74 Å². The predicted molar refractivity (Wildman–Crippen MR) is 158 cm³/mol. The molecule has 2 heterocycles. The maximum atomic E-state index is 14.5. The number of amides is 1. The van der Waals surface area contributed by atoms with Crippen LogP contribution in [-0.4, -0.2) is 66.9 Å². The van der Waals surface area contributed by atoms with E-state index in [0.29, 0.717) is 72.2 Å². The Morgan fingerprint density at radius 3 is 2.55 bits per heavy atom. The van der Waals surface area contributed by atoms with E-state index in [2.05, 4.69) is 15.9 Å². The van der Waals surface area contributed by atoms with Crippen LogP contribution in [0.25, 0.3) is 0 Å². The molecule has 0 spiro atoms. The van der Waals surface area contributed by atoms with Gasteiger partial charge in [-0.2, -0.15) is 0 Å². The van der Waals surface area contributed by atoms with Crippen molar-refractivity contribution >= 4 is 50.9 Å². The third kappa shape index (κ3) is 6.16. The van der Waals surface area contributed by atoms with Gasteiger partial charge in [0.1, 0.15) is 5.75 Å². The SMILES string of the molecule is O=C(N1CCOCC1)[C@]1(Cc2ccccc2Br)N=C(c2ccc(OCCCO)cc2)O[C@@H]1c1ccc(Cl)cc1Cl. The summed E-state index contributed by atoms with van der Waals surface area (Å²) in [5.41, 5.74) is 0.904. The van der Waals surface area contributed by atoms with Crippen molar-refractivity contribution in [1.82, 2.24) is 4.90 Å². The fourth-order valence-corrected chi connectivity index (χ4v) is 5.86. The van der Waals surface area contributed by atoms with Crippen molar-refractivity contribution in [3.63, 3.8) is 0 Å². The summed E-state index contributed by atoms with van der Waals surface area (Å²) in [7, 11) is 0. The van der Waals surface area contributed by atoms with Gasteiger partial charge in [-0.15, -0.1) is 0 Å². The predicted octanol–water partition coefficient (Wildman–Crippen LogP) is 5.88. The molecule has 40 heavy (non-hydrogen) atoms. The Hall–Kier alpha value is -2.62. The molecule has 2 aliphatic rings. The molecule has 0 saturated carbocycles. The smallest absolute Gasteiger partial charge is 0.255 e. The monoisotopic (exact) mass is 646 g/mol. The number of hydrogen-bond acceptors (Lipinski definition) is 6. The fraction of sp³-hybridized carbons (Fsp3) is 0.333. The van der Waals surface area contributed by atoms with Gasteiger partial charge in [0.2, 0.25) is 5.90 Å². The first-order chi connectivity index (χ1) is 19.4. The quantitative estimate of drug-likeness (QED) is 0.294. The molecule has 5 rings (SSSR count). The topological polar surface area (TPSA) is 80.6 Å². The molecule has 1 fully saturated rings. The lowest BCUT2D eigenvalue weighted by Gasteiger charge is -2.37. The van der Waals surface area contributed by atoms with Gasteiger partial charge < -0.3 is 24.2 Å². The molecular formula is C30H29BrCl2N2O5. The maximum absolute atomic E-state index is 14.5. The van der Waals surface area contributed by atoms with Crippen LogP contribution >= 0.6 is 39.1 Å². The Kier molecular flexibility index (Phi) is 9.33. The molecule has 3 aromatic rings. The number of aliphatic hydroxyl groups is 1. The van der Waals surface area contributed by atoms with Crippen LogP contribution in [0.3, 0.4) is 0 Å². The fourth-order valence-electron chi connectivity index (χ4n) is 4.93. The van der Waals surface area contributed by atoms with E-state index in [1.54, 1.807) is 23.1 Å². The normalized spacial score (nSPS) is 20.6. The molecule has 0 aliphatic carbocycles. The van der Waals surface area contributed by atoms with Gasteiger partial charge in [0.25, 0.3) is 5.91 Å². The van der Waals surface area contributed by atoms with Crippen molar-refractivity contribution < 1.29 is 24.1 Å². The molecule has 3 aromatic carbocycles. The standard InChI is InChI=1S/C30H29BrCl2N2O5/c31-25-5-2-1-4-21(25)19-30(29(37)35-12-16-38-17-13-35)27(24-11-8-22(32)18-26(24)33)40-28(34-30)20-6-9-23(10-7-20)39-15-3-14-36/h1-2,4-11,18,27,36H,3,12-17,19H2/t27-,30-/m1/s1. The number of aliphatic imine (C=N–C) groups is 1. The molecule has 7 nitrogen and oxygen atoms in total. The number of carbonyl (C=O) groups excluding carboxylic acids is 1. The van der Waals surface area contributed by atoms with Crippen molar-refractivity contribution in [3.8, 4) is 5.75 Å². The van der Waals surface area contributed by atoms with Crippen molar-refractivity contribution in [1.29, 1.82) is 0 Å². The zero-order valence-corrected chi connectivity index (χ0v) is 24.8. The minimum absolute atomic E-state index is 0.0636. The Morgan fingerprint density at radius 2 is 1.85 bits per heavy atom. The third-order valence-electron chi connectivity index (χ3n) is 6.97. The van der Waals surface area contributed by atoms with Crippen LogP contribution in [-0.2, 0) is 20.7 Å². The zero-order chi connectivity index (χ0) is 28.1. The van der Waals surface area contributed by atoms with E-state index in [1.807, 2.05) is 48.5 Å². The van der Waals surface area contributed by atoms with E-state index in [1.165, 1.54) is 0 Å². The van der Waals surface area contributed by atoms with Gasteiger partial charge in [-0.3, -0.25) is 4.79 Å². The van der Waals surface area contributed by atoms with Crippen LogP contribution in [0.15, 0.2) is 76.2 Å². The number of rotatable bonds is 9. The minimum atomic E-state index is -1.34. The van der Waals surface area contributed by atoms with Crippen LogP contribution in [0, 0.1) is 0 Å².